The fourth-order valence-corrected chi connectivity index (χ4v) is 4.13. The first-order valence-corrected chi connectivity index (χ1v) is 8.85. The molecule has 0 saturated heterocycles. The Bertz CT molecular complexity index is 1420. The Kier molecular flexibility index (Phi) is 3.34. The summed E-state index contributed by atoms with van der Waals surface area (Å²) in [4.78, 5) is 26.1. The number of hydrogen-bond donors (Lipinski definition) is 5. The number of furan rings is 2. The van der Waals surface area contributed by atoms with Gasteiger partial charge in [-0.05, 0) is 19.1 Å². The number of carbonyl (C=O) groups is 2. The minimum Gasteiger partial charge on any atom is -0.504 e. The summed E-state index contributed by atoms with van der Waals surface area (Å²) in [6, 6.07) is 4.57. The zero-order valence-electron chi connectivity index (χ0n) is 15.4. The average Bonchev–Trinajstić information content (AvgIpc) is 3.22. The molecule has 1 atom stereocenters. The van der Waals surface area contributed by atoms with Crippen LogP contribution in [0, 0.1) is 0 Å². The number of carbonyl (C=O) groups excluding carboxylic acids is 2. The molecule has 5 rings (SSSR count). The van der Waals surface area contributed by atoms with Gasteiger partial charge in [0.15, 0.2) is 34.5 Å². The molecule has 0 spiro atoms. The van der Waals surface area contributed by atoms with Gasteiger partial charge in [-0.25, -0.2) is 0 Å². The van der Waals surface area contributed by atoms with E-state index in [9.17, 15) is 35.1 Å². The second kappa shape index (κ2) is 5.55. The van der Waals surface area contributed by atoms with Gasteiger partial charge < -0.3 is 34.4 Å². The molecule has 0 aliphatic heterocycles. The third-order valence-corrected chi connectivity index (χ3v) is 5.66. The number of aliphatic hydroxyl groups is 1. The largest absolute Gasteiger partial charge is 0.504 e. The molecular formula is C21H14O9. The van der Waals surface area contributed by atoms with Crippen LogP contribution in [0.25, 0.3) is 33.3 Å². The number of Topliss-reactive ketones (excluding diaryl/α,β-unsaturated/α-hetero) is 2. The first-order chi connectivity index (χ1) is 14.2. The smallest absolute Gasteiger partial charge is 0.219 e. The van der Waals surface area contributed by atoms with Gasteiger partial charge in [-0.15, -0.1) is 0 Å². The maximum atomic E-state index is 13.5. The van der Waals surface area contributed by atoms with Gasteiger partial charge in [0.2, 0.25) is 5.78 Å². The normalized spacial score (nSPS) is 18.0. The maximum Gasteiger partial charge on any atom is 0.219 e. The number of ketones is 2. The molecule has 1 aliphatic carbocycles. The van der Waals surface area contributed by atoms with E-state index in [-0.39, 0.29) is 44.6 Å². The molecule has 9 nitrogen and oxygen atoms in total. The maximum absolute atomic E-state index is 13.5. The van der Waals surface area contributed by atoms with Gasteiger partial charge in [-0.3, -0.25) is 9.59 Å². The van der Waals surface area contributed by atoms with Crippen molar-refractivity contribution in [2.24, 2.45) is 0 Å². The third-order valence-electron chi connectivity index (χ3n) is 5.66. The van der Waals surface area contributed by atoms with Crippen LogP contribution in [0.3, 0.4) is 0 Å². The number of hydrogen-bond acceptors (Lipinski definition) is 9. The van der Waals surface area contributed by atoms with Crippen molar-refractivity contribution in [2.45, 2.75) is 12.3 Å². The number of aliphatic hydroxyl groups excluding tert-OH is 1. The number of phenolic OH excluding ortho intramolecular Hbond substituents is 4. The van der Waals surface area contributed by atoms with E-state index in [0.717, 1.165) is 25.1 Å². The number of fused-ring (bicyclic) bond motifs is 7. The molecule has 0 fully saturated rings. The first-order valence-electron chi connectivity index (χ1n) is 8.85. The van der Waals surface area contributed by atoms with Gasteiger partial charge in [0.05, 0.1) is 12.2 Å². The van der Waals surface area contributed by atoms with Crippen molar-refractivity contribution in [3.05, 3.63) is 35.6 Å². The molecule has 9 heteroatoms. The highest BCUT2D eigenvalue weighted by Crippen LogP contribution is 2.53. The van der Waals surface area contributed by atoms with Gasteiger partial charge in [0, 0.05) is 28.5 Å². The van der Waals surface area contributed by atoms with Crippen LogP contribution in [0.5, 0.6) is 23.0 Å². The van der Waals surface area contributed by atoms with E-state index in [2.05, 4.69) is 0 Å². The number of rotatable bonds is 2. The van der Waals surface area contributed by atoms with E-state index in [1.165, 1.54) is 6.07 Å². The summed E-state index contributed by atoms with van der Waals surface area (Å²) in [6.07, 6.45) is 0. The van der Waals surface area contributed by atoms with Gasteiger partial charge in [0.25, 0.3) is 0 Å². The van der Waals surface area contributed by atoms with E-state index in [1.807, 2.05) is 0 Å². The van der Waals surface area contributed by atoms with Gasteiger partial charge >= 0.3 is 0 Å². The predicted molar refractivity (Wildman–Crippen MR) is 102 cm³/mol. The Morgan fingerprint density at radius 2 is 1.37 bits per heavy atom. The van der Waals surface area contributed by atoms with Crippen molar-refractivity contribution >= 4 is 33.5 Å². The molecule has 0 radical (unpaired) electrons. The molecule has 0 saturated carbocycles. The molecular weight excluding hydrogens is 396 g/mol. The van der Waals surface area contributed by atoms with Crippen molar-refractivity contribution < 1.29 is 44.0 Å². The predicted octanol–water partition coefficient (Wildman–Crippen LogP) is 2.68. The number of phenols is 4. The molecule has 0 amide bonds. The quantitative estimate of drug-likeness (QED) is 0.247. The molecule has 2 heterocycles. The fraction of sp³-hybridized carbons (Fsp3) is 0.143. The van der Waals surface area contributed by atoms with E-state index >= 15 is 0 Å². The summed E-state index contributed by atoms with van der Waals surface area (Å²) in [5.41, 5.74) is -1.80. The van der Waals surface area contributed by atoms with Crippen LogP contribution >= 0.6 is 0 Å². The second-order valence-electron chi connectivity index (χ2n) is 7.24. The Hall–Kier alpha value is -3.98. The van der Waals surface area contributed by atoms with Crippen molar-refractivity contribution in [1.29, 1.82) is 0 Å². The number of aromatic hydroxyl groups is 4. The van der Waals surface area contributed by atoms with Crippen LogP contribution in [0.15, 0.2) is 33.1 Å². The van der Waals surface area contributed by atoms with Crippen molar-refractivity contribution in [1.82, 2.24) is 0 Å². The summed E-state index contributed by atoms with van der Waals surface area (Å²) in [6.45, 7) is 0.250. The highest BCUT2D eigenvalue weighted by Gasteiger charge is 2.55. The fourth-order valence-electron chi connectivity index (χ4n) is 4.13. The average molecular weight is 410 g/mol. The van der Waals surface area contributed by atoms with Crippen LogP contribution < -0.4 is 0 Å². The zero-order chi connectivity index (χ0) is 21.5. The van der Waals surface area contributed by atoms with E-state index in [0.29, 0.717) is 0 Å². The van der Waals surface area contributed by atoms with E-state index in [4.69, 9.17) is 8.83 Å². The standard InChI is InChI=1S/C21H14O9/c1-7(23)21(6-22)17-9-3-11(25)13(27)5-15(9)29-18(17)16-8-2-10(24)12(26)4-14(8)30-19(16)20(21)28/h2-5,22,24-27H,6H2,1H3. The molecule has 2 aromatic carbocycles. The van der Waals surface area contributed by atoms with E-state index in [1.54, 1.807) is 0 Å². The lowest BCUT2D eigenvalue weighted by Gasteiger charge is -2.30. The number of benzene rings is 2. The highest BCUT2D eigenvalue weighted by molar-refractivity contribution is 6.27. The summed E-state index contributed by atoms with van der Waals surface area (Å²) in [5.74, 6) is -3.68. The topological polar surface area (TPSA) is 162 Å². The van der Waals surface area contributed by atoms with Gasteiger partial charge in [-0.2, -0.15) is 0 Å². The van der Waals surface area contributed by atoms with Gasteiger partial charge in [-0.1, -0.05) is 0 Å². The highest BCUT2D eigenvalue weighted by atomic mass is 16.4. The van der Waals surface area contributed by atoms with Crippen molar-refractivity contribution in [2.75, 3.05) is 6.61 Å². The van der Waals surface area contributed by atoms with Gasteiger partial charge in [0.1, 0.15) is 22.3 Å². The summed E-state index contributed by atoms with van der Waals surface area (Å²) >= 11 is 0. The molecule has 5 N–H and O–H groups in total. The third kappa shape index (κ3) is 1.94. The Labute approximate surface area is 167 Å². The van der Waals surface area contributed by atoms with Crippen LogP contribution in [-0.2, 0) is 10.2 Å². The summed E-state index contributed by atoms with van der Waals surface area (Å²) < 4.78 is 11.5. The molecule has 4 aromatic rings. The first kappa shape index (κ1) is 18.1. The van der Waals surface area contributed by atoms with Crippen LogP contribution in [0.4, 0.5) is 0 Å². The second-order valence-corrected chi connectivity index (χ2v) is 7.24. The summed E-state index contributed by atoms with van der Waals surface area (Å²) in [5, 5.41) is 50.1. The Balaban J connectivity index is 2.02. The minimum atomic E-state index is -2.06. The molecule has 0 bridgehead atoms. The lowest BCUT2D eigenvalue weighted by molar-refractivity contribution is -0.122. The van der Waals surface area contributed by atoms with Crippen LogP contribution in [0.2, 0.25) is 0 Å². The van der Waals surface area contributed by atoms with E-state index < -0.39 is 46.6 Å². The lowest BCUT2D eigenvalue weighted by Crippen LogP contribution is -2.47. The van der Waals surface area contributed by atoms with Crippen LogP contribution in [0.1, 0.15) is 23.0 Å². The molecule has 30 heavy (non-hydrogen) atoms. The monoisotopic (exact) mass is 410 g/mol. The molecule has 1 aliphatic rings. The van der Waals surface area contributed by atoms with Crippen LogP contribution in [-0.4, -0.2) is 43.7 Å². The van der Waals surface area contributed by atoms with Crippen molar-refractivity contribution in [3.8, 4) is 34.3 Å². The molecule has 152 valence electrons. The minimum absolute atomic E-state index is 0.0117. The SMILES string of the molecule is CC(=O)C1(CO)C(=O)c2oc3cc(O)c(O)cc3c2-c2oc3cc(O)c(O)cc3c21. The molecule has 1 unspecified atom stereocenters. The Morgan fingerprint density at radius 3 is 1.93 bits per heavy atom. The summed E-state index contributed by atoms with van der Waals surface area (Å²) in [7, 11) is 0. The lowest BCUT2D eigenvalue weighted by atomic mass is 9.68. The Morgan fingerprint density at radius 1 is 0.867 bits per heavy atom. The molecule has 2 aromatic heterocycles. The zero-order valence-corrected chi connectivity index (χ0v) is 15.4. The van der Waals surface area contributed by atoms with Crippen molar-refractivity contribution in [3.63, 3.8) is 0 Å².